The summed E-state index contributed by atoms with van der Waals surface area (Å²) in [7, 11) is 1.94. The summed E-state index contributed by atoms with van der Waals surface area (Å²) in [5, 5.41) is 5.91. The lowest BCUT2D eigenvalue weighted by atomic mass is 10.1. The van der Waals surface area contributed by atoms with Crippen molar-refractivity contribution < 1.29 is 0 Å². The van der Waals surface area contributed by atoms with Gasteiger partial charge in [0, 0.05) is 62.8 Å². The molecular weight excluding hydrogens is 455 g/mol. The number of hydrogen-bond acceptors (Lipinski definition) is 5. The number of pyridine rings is 1. The summed E-state index contributed by atoms with van der Waals surface area (Å²) >= 11 is 12.7. The highest BCUT2D eigenvalue weighted by Gasteiger charge is 2.24. The Bertz CT molecular complexity index is 1140. The molecule has 2 aromatic heterocycles. The highest BCUT2D eigenvalue weighted by atomic mass is 35.5. The second-order valence-corrected chi connectivity index (χ2v) is 9.34. The van der Waals surface area contributed by atoms with Crippen LogP contribution in [0.15, 0.2) is 41.7 Å². The highest BCUT2D eigenvalue weighted by Crippen LogP contribution is 2.38. The molecule has 1 aliphatic heterocycles. The van der Waals surface area contributed by atoms with Crippen LogP contribution in [0, 0.1) is 13.8 Å². The van der Waals surface area contributed by atoms with Crippen LogP contribution in [0.2, 0.25) is 10.0 Å². The van der Waals surface area contributed by atoms with E-state index in [2.05, 4.69) is 38.9 Å². The Morgan fingerprint density at radius 2 is 1.73 bits per heavy atom. The largest absolute Gasteiger partial charge is 0.366 e. The molecule has 1 aromatic carbocycles. The maximum absolute atomic E-state index is 6.71. The number of aryl methyl sites for hydroxylation is 3. The Hall–Kier alpha value is -2.41. The van der Waals surface area contributed by atoms with Gasteiger partial charge in [-0.25, -0.2) is 4.99 Å². The zero-order chi connectivity index (χ0) is 23.5. The van der Waals surface area contributed by atoms with Crippen LogP contribution >= 0.6 is 23.2 Å². The van der Waals surface area contributed by atoms with Crippen LogP contribution in [0.1, 0.15) is 35.9 Å². The lowest BCUT2D eigenvalue weighted by Gasteiger charge is -2.37. The standard InChI is InChI=1S/C25H30Cl2N6/c1-5-23(21-16-31(4)30-17(21)2)29-24-18(3)28-14-22(27)25(24)33-12-10-32(11-13-33)15-19-6-8-20(26)9-7-19/h6-9,14,16H,5,10-13,15H2,1-4H3. The molecule has 3 heterocycles. The van der Waals surface area contributed by atoms with Crippen molar-refractivity contribution in [3.63, 3.8) is 0 Å². The molecule has 3 aromatic rings. The van der Waals surface area contributed by atoms with Gasteiger partial charge in [-0.3, -0.25) is 14.6 Å². The van der Waals surface area contributed by atoms with Crippen molar-refractivity contribution in [2.45, 2.75) is 33.7 Å². The molecule has 1 fully saturated rings. The topological polar surface area (TPSA) is 49.6 Å². The van der Waals surface area contributed by atoms with Crippen LogP contribution in [0.5, 0.6) is 0 Å². The van der Waals surface area contributed by atoms with Gasteiger partial charge in [-0.05, 0) is 38.0 Å². The van der Waals surface area contributed by atoms with Gasteiger partial charge in [-0.2, -0.15) is 5.10 Å². The first-order valence-electron chi connectivity index (χ1n) is 11.3. The SMILES string of the molecule is CCC(=Nc1c(C)ncc(Cl)c1N1CCN(Cc2ccc(Cl)cc2)CC1)c1cn(C)nc1C. The molecule has 0 radical (unpaired) electrons. The Morgan fingerprint density at radius 1 is 1.03 bits per heavy atom. The minimum Gasteiger partial charge on any atom is -0.366 e. The number of rotatable bonds is 6. The predicted molar refractivity (Wildman–Crippen MR) is 137 cm³/mol. The Balaban J connectivity index is 1.58. The maximum atomic E-state index is 6.71. The molecule has 0 bridgehead atoms. The molecule has 1 saturated heterocycles. The van der Waals surface area contributed by atoms with E-state index < -0.39 is 0 Å². The molecule has 0 saturated carbocycles. The lowest BCUT2D eigenvalue weighted by molar-refractivity contribution is 0.250. The number of anilines is 1. The number of benzene rings is 1. The fourth-order valence-electron chi connectivity index (χ4n) is 4.32. The van der Waals surface area contributed by atoms with E-state index >= 15 is 0 Å². The summed E-state index contributed by atoms with van der Waals surface area (Å²) in [6.45, 7) is 10.7. The molecular formula is C25H30Cl2N6. The molecule has 0 aliphatic carbocycles. The third kappa shape index (κ3) is 5.40. The van der Waals surface area contributed by atoms with Crippen LogP contribution in [-0.2, 0) is 13.6 Å². The van der Waals surface area contributed by atoms with Crippen molar-refractivity contribution in [1.82, 2.24) is 19.7 Å². The van der Waals surface area contributed by atoms with Crippen molar-refractivity contribution in [3.8, 4) is 0 Å². The van der Waals surface area contributed by atoms with Crippen molar-refractivity contribution in [2.75, 3.05) is 31.1 Å². The minimum atomic E-state index is 0.642. The number of aliphatic imine (C=N–C) groups is 1. The van der Waals surface area contributed by atoms with E-state index in [4.69, 9.17) is 28.2 Å². The smallest absolute Gasteiger partial charge is 0.109 e. The summed E-state index contributed by atoms with van der Waals surface area (Å²) in [6.07, 6.45) is 4.57. The average molecular weight is 485 g/mol. The predicted octanol–water partition coefficient (Wildman–Crippen LogP) is 5.59. The summed E-state index contributed by atoms with van der Waals surface area (Å²) in [5.74, 6) is 0. The molecule has 0 N–H and O–H groups in total. The van der Waals surface area contributed by atoms with Crippen molar-refractivity contribution in [3.05, 3.63) is 69.2 Å². The number of halogens is 2. The van der Waals surface area contributed by atoms with Crippen molar-refractivity contribution in [2.24, 2.45) is 12.0 Å². The maximum Gasteiger partial charge on any atom is 0.109 e. The van der Waals surface area contributed by atoms with Crippen LogP contribution in [0.25, 0.3) is 0 Å². The summed E-state index contributed by atoms with van der Waals surface area (Å²) in [4.78, 5) is 14.4. The van der Waals surface area contributed by atoms with Gasteiger partial charge in [0.1, 0.15) is 5.69 Å². The van der Waals surface area contributed by atoms with E-state index in [9.17, 15) is 0 Å². The first-order chi connectivity index (χ1) is 15.9. The van der Waals surface area contributed by atoms with Gasteiger partial charge in [0.05, 0.1) is 27.8 Å². The molecule has 0 unspecified atom stereocenters. The lowest BCUT2D eigenvalue weighted by Crippen LogP contribution is -2.46. The Kier molecular flexibility index (Phi) is 7.37. The molecule has 0 amide bonds. The number of hydrogen-bond donors (Lipinski definition) is 0. The van der Waals surface area contributed by atoms with E-state index in [1.807, 2.05) is 43.9 Å². The van der Waals surface area contributed by atoms with Crippen LogP contribution < -0.4 is 4.90 Å². The average Bonchev–Trinajstić information content (AvgIpc) is 3.14. The van der Waals surface area contributed by atoms with Crippen LogP contribution in [0.3, 0.4) is 0 Å². The first-order valence-corrected chi connectivity index (χ1v) is 12.1. The van der Waals surface area contributed by atoms with Gasteiger partial charge in [-0.1, -0.05) is 42.3 Å². The van der Waals surface area contributed by atoms with Crippen LogP contribution in [0.4, 0.5) is 11.4 Å². The van der Waals surface area contributed by atoms with E-state index in [0.29, 0.717) is 5.02 Å². The third-order valence-electron chi connectivity index (χ3n) is 6.08. The summed E-state index contributed by atoms with van der Waals surface area (Å²) in [6, 6.07) is 8.09. The second-order valence-electron chi connectivity index (χ2n) is 8.49. The molecule has 0 atom stereocenters. The molecule has 33 heavy (non-hydrogen) atoms. The summed E-state index contributed by atoms with van der Waals surface area (Å²) in [5.41, 5.74) is 7.02. The fourth-order valence-corrected chi connectivity index (χ4v) is 4.70. The van der Waals surface area contributed by atoms with Gasteiger partial charge in [0.2, 0.25) is 0 Å². The monoisotopic (exact) mass is 484 g/mol. The minimum absolute atomic E-state index is 0.642. The number of piperazine rings is 1. The van der Waals surface area contributed by atoms with Gasteiger partial charge in [0.15, 0.2) is 0 Å². The van der Waals surface area contributed by atoms with Crippen molar-refractivity contribution >= 4 is 40.3 Å². The molecule has 1 aliphatic rings. The van der Waals surface area contributed by atoms with Gasteiger partial charge in [-0.15, -0.1) is 0 Å². The van der Waals surface area contributed by atoms with Crippen LogP contribution in [-0.4, -0.2) is 51.6 Å². The van der Waals surface area contributed by atoms with Gasteiger partial charge < -0.3 is 4.90 Å². The van der Waals surface area contributed by atoms with Gasteiger partial charge in [0.25, 0.3) is 0 Å². The van der Waals surface area contributed by atoms with E-state index in [0.717, 1.165) is 78.2 Å². The number of nitrogens with zero attached hydrogens (tertiary/aromatic N) is 6. The summed E-state index contributed by atoms with van der Waals surface area (Å²) < 4.78 is 1.83. The first kappa shape index (κ1) is 23.7. The fraction of sp³-hybridized carbons (Fsp3) is 0.400. The van der Waals surface area contributed by atoms with Crippen molar-refractivity contribution in [1.29, 1.82) is 0 Å². The molecule has 8 heteroatoms. The zero-order valence-electron chi connectivity index (χ0n) is 19.6. The van der Waals surface area contributed by atoms with E-state index in [-0.39, 0.29) is 0 Å². The molecule has 4 rings (SSSR count). The van der Waals surface area contributed by atoms with E-state index in [1.165, 1.54) is 5.56 Å². The molecule has 174 valence electrons. The molecule has 6 nitrogen and oxygen atoms in total. The third-order valence-corrected chi connectivity index (χ3v) is 6.61. The Morgan fingerprint density at radius 3 is 2.33 bits per heavy atom. The number of aromatic nitrogens is 3. The van der Waals surface area contributed by atoms with E-state index in [1.54, 1.807) is 6.20 Å². The normalized spacial score (nSPS) is 15.3. The second kappa shape index (κ2) is 10.2. The molecule has 0 spiro atoms. The van der Waals surface area contributed by atoms with Gasteiger partial charge >= 0.3 is 0 Å². The highest BCUT2D eigenvalue weighted by molar-refractivity contribution is 6.34. The quantitative estimate of drug-likeness (QED) is 0.427. The Labute approximate surface area is 205 Å². The zero-order valence-corrected chi connectivity index (χ0v) is 21.2.